The molecule has 1 amide bonds. The summed E-state index contributed by atoms with van der Waals surface area (Å²) in [6.07, 6.45) is 9.00. The van der Waals surface area contributed by atoms with E-state index < -0.39 is 0 Å². The van der Waals surface area contributed by atoms with Gasteiger partial charge >= 0.3 is 0 Å². The lowest BCUT2D eigenvalue weighted by atomic mass is 10.1. The SMILES string of the molecule is O=C(CSc1ccc2c(c1)CCC2)Nc1ccn(Cc2cccnc2)n1. The third kappa shape index (κ3) is 4.14. The second-order valence-corrected chi connectivity index (χ2v) is 7.43. The van der Waals surface area contributed by atoms with Gasteiger partial charge in [0.25, 0.3) is 0 Å². The van der Waals surface area contributed by atoms with E-state index in [9.17, 15) is 4.79 Å². The van der Waals surface area contributed by atoms with Crippen molar-refractivity contribution >= 4 is 23.5 Å². The summed E-state index contributed by atoms with van der Waals surface area (Å²) in [5.74, 6) is 0.921. The van der Waals surface area contributed by atoms with Crippen LogP contribution in [0.25, 0.3) is 0 Å². The number of aryl methyl sites for hydroxylation is 2. The third-order valence-electron chi connectivity index (χ3n) is 4.42. The number of thioether (sulfide) groups is 1. The molecule has 2 heterocycles. The average molecular weight is 364 g/mol. The third-order valence-corrected chi connectivity index (χ3v) is 5.41. The summed E-state index contributed by atoms with van der Waals surface area (Å²) in [6.45, 7) is 0.633. The predicted molar refractivity (Wildman–Crippen MR) is 103 cm³/mol. The summed E-state index contributed by atoms with van der Waals surface area (Å²) >= 11 is 1.57. The number of hydrogen-bond donors (Lipinski definition) is 1. The monoisotopic (exact) mass is 364 g/mol. The number of nitrogens with zero attached hydrogens (tertiary/aromatic N) is 3. The Labute approximate surface area is 156 Å². The number of benzene rings is 1. The van der Waals surface area contributed by atoms with Gasteiger partial charge in [-0.3, -0.25) is 14.5 Å². The van der Waals surface area contributed by atoms with Crippen LogP contribution in [-0.4, -0.2) is 26.4 Å². The Hall–Kier alpha value is -2.60. The van der Waals surface area contributed by atoms with E-state index in [0.29, 0.717) is 18.1 Å². The molecular weight excluding hydrogens is 344 g/mol. The van der Waals surface area contributed by atoms with E-state index in [1.807, 2.05) is 30.6 Å². The number of carbonyl (C=O) groups excluding carboxylic acids is 1. The van der Waals surface area contributed by atoms with E-state index in [-0.39, 0.29) is 5.91 Å². The number of aromatic nitrogens is 3. The number of rotatable bonds is 6. The van der Waals surface area contributed by atoms with E-state index in [4.69, 9.17) is 0 Å². The first kappa shape index (κ1) is 16.8. The zero-order valence-electron chi connectivity index (χ0n) is 14.4. The molecule has 3 aromatic rings. The molecule has 26 heavy (non-hydrogen) atoms. The van der Waals surface area contributed by atoms with Crippen molar-refractivity contribution in [2.75, 3.05) is 11.1 Å². The van der Waals surface area contributed by atoms with Crippen LogP contribution < -0.4 is 5.32 Å². The van der Waals surface area contributed by atoms with Crippen molar-refractivity contribution in [2.24, 2.45) is 0 Å². The molecule has 0 radical (unpaired) electrons. The van der Waals surface area contributed by atoms with Crippen LogP contribution in [0.15, 0.2) is 59.9 Å². The van der Waals surface area contributed by atoms with Gasteiger partial charge in [0.05, 0.1) is 12.3 Å². The number of fused-ring (bicyclic) bond motifs is 1. The Morgan fingerprint density at radius 2 is 2.12 bits per heavy atom. The van der Waals surface area contributed by atoms with E-state index >= 15 is 0 Å². The molecule has 1 aliphatic rings. The van der Waals surface area contributed by atoms with Crippen LogP contribution in [0.2, 0.25) is 0 Å². The van der Waals surface area contributed by atoms with Crippen LogP contribution >= 0.6 is 11.8 Å². The summed E-state index contributed by atoms with van der Waals surface area (Å²) in [5, 5.41) is 7.26. The van der Waals surface area contributed by atoms with Gasteiger partial charge in [0.15, 0.2) is 5.82 Å². The fourth-order valence-electron chi connectivity index (χ4n) is 3.16. The first-order valence-electron chi connectivity index (χ1n) is 8.73. The van der Waals surface area contributed by atoms with E-state index in [2.05, 4.69) is 33.6 Å². The van der Waals surface area contributed by atoms with Crippen molar-refractivity contribution in [1.82, 2.24) is 14.8 Å². The van der Waals surface area contributed by atoms with E-state index in [0.717, 1.165) is 16.9 Å². The second-order valence-electron chi connectivity index (χ2n) is 6.38. The van der Waals surface area contributed by atoms with Crippen LogP contribution in [0.1, 0.15) is 23.1 Å². The molecule has 5 nitrogen and oxygen atoms in total. The van der Waals surface area contributed by atoms with Crippen molar-refractivity contribution in [2.45, 2.75) is 30.7 Å². The Morgan fingerprint density at radius 3 is 3.00 bits per heavy atom. The van der Waals surface area contributed by atoms with E-state index in [1.54, 1.807) is 22.6 Å². The minimum atomic E-state index is -0.0397. The highest BCUT2D eigenvalue weighted by molar-refractivity contribution is 8.00. The Balaban J connectivity index is 1.29. The van der Waals surface area contributed by atoms with Crippen LogP contribution in [0.3, 0.4) is 0 Å². The van der Waals surface area contributed by atoms with Gasteiger partial charge in [0.1, 0.15) is 0 Å². The summed E-state index contributed by atoms with van der Waals surface area (Å²) in [4.78, 5) is 17.4. The molecule has 0 fully saturated rings. The topological polar surface area (TPSA) is 59.8 Å². The molecule has 6 heteroatoms. The van der Waals surface area contributed by atoms with Gasteiger partial charge < -0.3 is 5.32 Å². The maximum atomic E-state index is 12.2. The number of carbonyl (C=O) groups is 1. The molecule has 0 aliphatic heterocycles. The summed E-state index contributed by atoms with van der Waals surface area (Å²) in [7, 11) is 0. The van der Waals surface area contributed by atoms with Gasteiger partial charge in [-0.2, -0.15) is 5.10 Å². The highest BCUT2D eigenvalue weighted by Crippen LogP contribution is 2.27. The van der Waals surface area contributed by atoms with Gasteiger partial charge in [-0.25, -0.2) is 0 Å². The standard InChI is InChI=1S/C20H20N4OS/c25-20(14-26-18-7-6-16-4-1-5-17(16)11-18)22-19-8-10-24(23-19)13-15-3-2-9-21-12-15/h2-3,6-12H,1,4-5,13-14H2,(H,22,23,25). The molecule has 0 atom stereocenters. The van der Waals surface area contributed by atoms with Gasteiger partial charge in [0, 0.05) is 29.6 Å². The van der Waals surface area contributed by atoms with Crippen molar-refractivity contribution in [1.29, 1.82) is 0 Å². The molecule has 1 aliphatic carbocycles. The molecule has 0 unspecified atom stereocenters. The molecule has 4 rings (SSSR count). The molecule has 132 valence electrons. The van der Waals surface area contributed by atoms with Gasteiger partial charge in [0.2, 0.25) is 5.91 Å². The number of pyridine rings is 1. The number of amides is 1. The van der Waals surface area contributed by atoms with Crippen LogP contribution in [0.4, 0.5) is 5.82 Å². The first-order chi connectivity index (χ1) is 12.8. The van der Waals surface area contributed by atoms with Gasteiger partial charge in [-0.05, 0) is 54.2 Å². The molecule has 0 bridgehead atoms. The van der Waals surface area contributed by atoms with Crippen LogP contribution in [0, 0.1) is 0 Å². The maximum Gasteiger partial charge on any atom is 0.235 e. The van der Waals surface area contributed by atoms with Crippen molar-refractivity contribution in [3.05, 3.63) is 71.7 Å². The fraction of sp³-hybridized carbons (Fsp3) is 0.250. The van der Waals surface area contributed by atoms with Gasteiger partial charge in [-0.1, -0.05) is 12.1 Å². The minimum absolute atomic E-state index is 0.0397. The lowest BCUT2D eigenvalue weighted by molar-refractivity contribution is -0.113. The first-order valence-corrected chi connectivity index (χ1v) is 9.72. The molecule has 0 spiro atoms. The van der Waals surface area contributed by atoms with Crippen molar-refractivity contribution in [3.63, 3.8) is 0 Å². The number of hydrogen-bond acceptors (Lipinski definition) is 4. The van der Waals surface area contributed by atoms with Crippen LogP contribution in [-0.2, 0) is 24.2 Å². The average Bonchev–Trinajstić information content (AvgIpc) is 3.29. The summed E-state index contributed by atoms with van der Waals surface area (Å²) in [6, 6.07) is 12.3. The lowest BCUT2D eigenvalue weighted by Gasteiger charge is -2.05. The Morgan fingerprint density at radius 1 is 1.19 bits per heavy atom. The fourth-order valence-corrected chi connectivity index (χ4v) is 3.92. The second kappa shape index (κ2) is 7.74. The maximum absolute atomic E-state index is 12.2. The van der Waals surface area contributed by atoms with Crippen molar-refractivity contribution in [3.8, 4) is 0 Å². The van der Waals surface area contributed by atoms with Crippen LogP contribution in [0.5, 0.6) is 0 Å². The smallest absolute Gasteiger partial charge is 0.235 e. The molecule has 0 saturated heterocycles. The normalized spacial score (nSPS) is 12.8. The van der Waals surface area contributed by atoms with Crippen molar-refractivity contribution < 1.29 is 4.79 Å². The molecule has 0 saturated carbocycles. The zero-order valence-corrected chi connectivity index (χ0v) is 15.2. The highest BCUT2D eigenvalue weighted by Gasteiger charge is 2.12. The largest absolute Gasteiger partial charge is 0.308 e. The Kier molecular flexibility index (Phi) is 5.02. The Bertz CT molecular complexity index is 907. The quantitative estimate of drug-likeness (QED) is 0.680. The lowest BCUT2D eigenvalue weighted by Crippen LogP contribution is -2.14. The number of anilines is 1. The van der Waals surface area contributed by atoms with Gasteiger partial charge in [-0.15, -0.1) is 11.8 Å². The zero-order chi connectivity index (χ0) is 17.8. The number of nitrogens with one attached hydrogen (secondary N) is 1. The molecule has 2 aromatic heterocycles. The summed E-state index contributed by atoms with van der Waals surface area (Å²) < 4.78 is 1.79. The molecule has 1 aromatic carbocycles. The predicted octanol–water partition coefficient (Wildman–Crippen LogP) is 3.55. The van der Waals surface area contributed by atoms with E-state index in [1.165, 1.54) is 24.0 Å². The molecular formula is C20H20N4OS. The minimum Gasteiger partial charge on any atom is -0.308 e. The summed E-state index contributed by atoms with van der Waals surface area (Å²) in [5.41, 5.74) is 3.96. The highest BCUT2D eigenvalue weighted by atomic mass is 32.2. The molecule has 1 N–H and O–H groups in total.